The van der Waals surface area contributed by atoms with Crippen molar-refractivity contribution in [2.45, 2.75) is 30.8 Å². The normalized spacial score (nSPS) is 33.1. The number of nitrogens with zero attached hydrogens (tertiary/aromatic N) is 1. The fraction of sp³-hybridized carbons (Fsp3) is 0.450. The number of carboxylic acids is 1. The maximum atomic E-state index is 14.6. The molecular weight excluding hydrogens is 457 g/mol. The molecule has 0 bridgehead atoms. The average molecular weight is 475 g/mol. The predicted molar refractivity (Wildman–Crippen MR) is 107 cm³/mol. The third-order valence-electron chi connectivity index (χ3n) is 6.55. The standard InChI is InChI=1S/C20H18Cl2F2N2O5/c1-3-4-31-15(27)13-12-7-19(23,24)8-26(12)20(18(13,2)17(29)30)10-5-9(21)6-11(22)14(10)25-16(20)28/h3,5-6,12-13H,1,4,7-8H2,2H3,(H,25,28)(H,29,30)/t12-,13-,18-,20?/m1/s1. The Bertz CT molecular complexity index is 1040. The molecule has 11 heteroatoms. The van der Waals surface area contributed by atoms with E-state index in [0.29, 0.717) is 0 Å². The van der Waals surface area contributed by atoms with Crippen molar-refractivity contribution < 1.29 is 33.0 Å². The van der Waals surface area contributed by atoms with Crippen LogP contribution >= 0.6 is 23.2 Å². The molecule has 0 aliphatic carbocycles. The van der Waals surface area contributed by atoms with Crippen LogP contribution in [-0.4, -0.2) is 53.0 Å². The summed E-state index contributed by atoms with van der Waals surface area (Å²) < 4.78 is 34.2. The third-order valence-corrected chi connectivity index (χ3v) is 7.07. The van der Waals surface area contributed by atoms with Gasteiger partial charge < -0.3 is 15.2 Å². The Labute approximate surface area is 185 Å². The maximum absolute atomic E-state index is 14.6. The van der Waals surface area contributed by atoms with Crippen LogP contribution in [0.1, 0.15) is 18.9 Å². The summed E-state index contributed by atoms with van der Waals surface area (Å²) in [6.45, 7) is 3.49. The van der Waals surface area contributed by atoms with Gasteiger partial charge in [0.1, 0.15) is 17.6 Å². The molecule has 3 heterocycles. The fourth-order valence-electron chi connectivity index (χ4n) is 5.44. The Hall–Kier alpha value is -2.23. The highest BCUT2D eigenvalue weighted by Gasteiger charge is 2.80. The lowest BCUT2D eigenvalue weighted by Gasteiger charge is -2.42. The minimum Gasteiger partial charge on any atom is -0.481 e. The number of anilines is 1. The molecule has 1 aromatic carbocycles. The molecule has 4 rings (SSSR count). The van der Waals surface area contributed by atoms with E-state index < -0.39 is 59.6 Å². The van der Waals surface area contributed by atoms with Gasteiger partial charge in [0, 0.05) is 23.0 Å². The highest BCUT2D eigenvalue weighted by Crippen LogP contribution is 2.66. The Balaban J connectivity index is 2.04. The quantitative estimate of drug-likeness (QED) is 0.513. The molecule has 31 heavy (non-hydrogen) atoms. The van der Waals surface area contributed by atoms with Gasteiger partial charge in [0.05, 0.1) is 23.2 Å². The Kier molecular flexibility index (Phi) is 4.88. The number of carbonyl (C=O) groups excluding carboxylic acids is 2. The van der Waals surface area contributed by atoms with Crippen molar-refractivity contribution in [2.75, 3.05) is 18.5 Å². The molecule has 0 aromatic heterocycles. The topological polar surface area (TPSA) is 95.9 Å². The Morgan fingerprint density at radius 3 is 2.71 bits per heavy atom. The molecule has 7 nitrogen and oxygen atoms in total. The smallest absolute Gasteiger partial charge is 0.313 e. The van der Waals surface area contributed by atoms with Crippen molar-refractivity contribution in [3.05, 3.63) is 40.4 Å². The second-order valence-electron chi connectivity index (χ2n) is 8.13. The summed E-state index contributed by atoms with van der Waals surface area (Å²) in [5.74, 6) is -8.18. The number of amides is 1. The van der Waals surface area contributed by atoms with Gasteiger partial charge in [-0.2, -0.15) is 0 Å². The first kappa shape index (κ1) is 22.0. The molecule has 2 N–H and O–H groups in total. The summed E-state index contributed by atoms with van der Waals surface area (Å²) >= 11 is 12.4. The fourth-order valence-corrected chi connectivity index (χ4v) is 5.99. The van der Waals surface area contributed by atoms with E-state index in [1.54, 1.807) is 0 Å². The zero-order valence-corrected chi connectivity index (χ0v) is 17.8. The summed E-state index contributed by atoms with van der Waals surface area (Å²) in [6, 6.07) is 1.41. The largest absolute Gasteiger partial charge is 0.481 e. The number of hydrogen-bond acceptors (Lipinski definition) is 5. The highest BCUT2D eigenvalue weighted by molar-refractivity contribution is 6.38. The van der Waals surface area contributed by atoms with E-state index in [4.69, 9.17) is 27.9 Å². The highest BCUT2D eigenvalue weighted by atomic mass is 35.5. The van der Waals surface area contributed by atoms with Gasteiger partial charge in [-0.05, 0) is 19.1 Å². The van der Waals surface area contributed by atoms with E-state index in [-0.39, 0.29) is 27.9 Å². The number of rotatable bonds is 4. The van der Waals surface area contributed by atoms with Crippen LogP contribution in [0, 0.1) is 11.3 Å². The van der Waals surface area contributed by atoms with Crippen molar-refractivity contribution in [1.82, 2.24) is 4.90 Å². The molecule has 0 saturated carbocycles. The van der Waals surface area contributed by atoms with Gasteiger partial charge in [0.25, 0.3) is 11.8 Å². The van der Waals surface area contributed by atoms with E-state index in [1.807, 2.05) is 0 Å². The van der Waals surface area contributed by atoms with Gasteiger partial charge in [-0.25, -0.2) is 8.78 Å². The lowest BCUT2D eigenvalue weighted by Crippen LogP contribution is -2.60. The van der Waals surface area contributed by atoms with Gasteiger partial charge in [-0.3, -0.25) is 19.3 Å². The number of nitrogens with one attached hydrogen (secondary N) is 1. The predicted octanol–water partition coefficient (Wildman–Crippen LogP) is 3.30. The third kappa shape index (κ3) is 2.69. The Morgan fingerprint density at radius 2 is 2.10 bits per heavy atom. The summed E-state index contributed by atoms with van der Waals surface area (Å²) in [5.41, 5.74) is -4.18. The van der Waals surface area contributed by atoms with Crippen molar-refractivity contribution in [3.63, 3.8) is 0 Å². The molecular formula is C20H18Cl2F2N2O5. The number of ether oxygens (including phenoxy) is 1. The molecule has 0 radical (unpaired) electrons. The van der Waals surface area contributed by atoms with Crippen LogP contribution in [0.5, 0.6) is 0 Å². The van der Waals surface area contributed by atoms with Gasteiger partial charge in [0.2, 0.25) is 0 Å². The lowest BCUT2D eigenvalue weighted by atomic mass is 9.62. The molecule has 2 saturated heterocycles. The number of hydrogen-bond donors (Lipinski definition) is 2. The molecule has 3 aliphatic heterocycles. The second kappa shape index (κ2) is 6.88. The van der Waals surface area contributed by atoms with Crippen molar-refractivity contribution in [3.8, 4) is 0 Å². The van der Waals surface area contributed by atoms with Crippen molar-refractivity contribution in [1.29, 1.82) is 0 Å². The number of alkyl halides is 2. The van der Waals surface area contributed by atoms with E-state index in [9.17, 15) is 28.3 Å². The lowest BCUT2D eigenvalue weighted by molar-refractivity contribution is -0.170. The van der Waals surface area contributed by atoms with E-state index in [0.717, 1.165) is 4.90 Å². The van der Waals surface area contributed by atoms with E-state index in [1.165, 1.54) is 25.1 Å². The molecule has 2 fully saturated rings. The molecule has 1 amide bonds. The number of benzene rings is 1. The molecule has 1 unspecified atom stereocenters. The van der Waals surface area contributed by atoms with Crippen LogP contribution in [0.4, 0.5) is 14.5 Å². The SMILES string of the molecule is C=CCOC(=O)[C@H]1[C@H]2CC(F)(F)CN2C2(C(=O)Nc3c(Cl)cc(Cl)cc32)[C@@]1(C)C(=O)O. The van der Waals surface area contributed by atoms with Crippen LogP contribution in [0.25, 0.3) is 0 Å². The van der Waals surface area contributed by atoms with Crippen LogP contribution in [0.15, 0.2) is 24.8 Å². The maximum Gasteiger partial charge on any atom is 0.313 e. The van der Waals surface area contributed by atoms with Crippen molar-refractivity contribution >= 4 is 46.7 Å². The number of carbonyl (C=O) groups is 3. The first-order valence-corrected chi connectivity index (χ1v) is 10.1. The zero-order valence-electron chi connectivity index (χ0n) is 16.3. The molecule has 1 spiro atoms. The monoisotopic (exact) mass is 474 g/mol. The minimum absolute atomic E-state index is 0.0284. The molecule has 4 atom stereocenters. The van der Waals surface area contributed by atoms with Crippen LogP contribution < -0.4 is 5.32 Å². The van der Waals surface area contributed by atoms with Gasteiger partial charge in [-0.15, -0.1) is 0 Å². The summed E-state index contributed by atoms with van der Waals surface area (Å²) in [4.78, 5) is 40.2. The first-order chi connectivity index (χ1) is 14.4. The van der Waals surface area contributed by atoms with Gasteiger partial charge in [0.15, 0.2) is 0 Å². The summed E-state index contributed by atoms with van der Waals surface area (Å²) in [5, 5.41) is 13.0. The average Bonchev–Trinajstić information content (AvgIpc) is 3.20. The van der Waals surface area contributed by atoms with Gasteiger partial charge in [-0.1, -0.05) is 35.9 Å². The number of aliphatic carboxylic acids is 1. The number of esters is 1. The number of halogens is 4. The number of carboxylic acid groups (broad SMARTS) is 1. The van der Waals surface area contributed by atoms with E-state index in [2.05, 4.69) is 11.9 Å². The Morgan fingerprint density at radius 1 is 1.42 bits per heavy atom. The number of fused-ring (bicyclic) bond motifs is 4. The van der Waals surface area contributed by atoms with E-state index >= 15 is 0 Å². The first-order valence-electron chi connectivity index (χ1n) is 9.38. The molecule has 166 valence electrons. The zero-order chi connectivity index (χ0) is 22.9. The van der Waals surface area contributed by atoms with Crippen LogP contribution in [0.2, 0.25) is 10.0 Å². The van der Waals surface area contributed by atoms with Gasteiger partial charge >= 0.3 is 11.9 Å². The minimum atomic E-state index is -3.25. The molecule has 3 aliphatic rings. The van der Waals surface area contributed by atoms with Crippen molar-refractivity contribution in [2.24, 2.45) is 11.3 Å². The second-order valence-corrected chi connectivity index (χ2v) is 8.98. The summed E-state index contributed by atoms with van der Waals surface area (Å²) in [7, 11) is 0. The molecule has 1 aromatic rings. The van der Waals surface area contributed by atoms with Crippen LogP contribution in [-0.2, 0) is 24.7 Å². The van der Waals surface area contributed by atoms with Crippen LogP contribution in [0.3, 0.4) is 0 Å². The summed E-state index contributed by atoms with van der Waals surface area (Å²) in [6.07, 6.45) is 0.473.